The van der Waals surface area contributed by atoms with E-state index in [0.717, 1.165) is 21.4 Å². The highest BCUT2D eigenvalue weighted by Gasteiger charge is 2.15. The number of rotatable bonds is 9. The summed E-state index contributed by atoms with van der Waals surface area (Å²) in [4.78, 5) is 10.4. The summed E-state index contributed by atoms with van der Waals surface area (Å²) in [5.74, 6) is 2.06. The van der Waals surface area contributed by atoms with Gasteiger partial charge in [-0.15, -0.1) is 0 Å². The molecule has 0 amide bonds. The lowest BCUT2D eigenvalue weighted by Crippen LogP contribution is -2.14. The van der Waals surface area contributed by atoms with Crippen LogP contribution in [-0.4, -0.2) is 12.0 Å². The number of nitro groups is 1. The van der Waals surface area contributed by atoms with Gasteiger partial charge in [0.15, 0.2) is 11.5 Å². The number of nitrogens with zero attached hydrogens (tertiary/aromatic N) is 1. The standard InChI is InChI=1S/C20H19BrN2O5/c1-26-19-9-8-18(21)17(12-22-11-16-3-2-10-27-16)20(19)28-13-14-4-6-15(7-5-14)23(24)25/h2-10,22H,11-13H2,1H3. The molecule has 0 bridgehead atoms. The molecule has 146 valence electrons. The molecule has 0 aliphatic carbocycles. The van der Waals surface area contributed by atoms with Crippen molar-refractivity contribution in [2.24, 2.45) is 0 Å². The van der Waals surface area contributed by atoms with E-state index in [1.165, 1.54) is 12.1 Å². The van der Waals surface area contributed by atoms with Gasteiger partial charge in [-0.1, -0.05) is 15.9 Å². The van der Waals surface area contributed by atoms with Gasteiger partial charge >= 0.3 is 0 Å². The second-order valence-corrected chi connectivity index (χ2v) is 6.81. The van der Waals surface area contributed by atoms with E-state index in [2.05, 4.69) is 21.2 Å². The second kappa shape index (κ2) is 9.38. The molecule has 7 nitrogen and oxygen atoms in total. The molecular weight excluding hydrogens is 428 g/mol. The third-order valence-corrected chi connectivity index (χ3v) is 4.84. The van der Waals surface area contributed by atoms with Crippen LogP contribution < -0.4 is 14.8 Å². The van der Waals surface area contributed by atoms with Crippen molar-refractivity contribution < 1.29 is 18.8 Å². The number of nitrogens with one attached hydrogen (secondary N) is 1. The first-order valence-electron chi connectivity index (χ1n) is 8.53. The molecule has 0 radical (unpaired) electrons. The van der Waals surface area contributed by atoms with Gasteiger partial charge in [0.25, 0.3) is 5.69 Å². The van der Waals surface area contributed by atoms with Crippen molar-refractivity contribution in [1.82, 2.24) is 5.32 Å². The van der Waals surface area contributed by atoms with Crippen molar-refractivity contribution in [2.75, 3.05) is 7.11 Å². The average Bonchev–Trinajstić information content (AvgIpc) is 3.21. The van der Waals surface area contributed by atoms with E-state index >= 15 is 0 Å². The van der Waals surface area contributed by atoms with E-state index in [1.807, 2.05) is 24.3 Å². The minimum atomic E-state index is -0.426. The van der Waals surface area contributed by atoms with Crippen molar-refractivity contribution in [2.45, 2.75) is 19.7 Å². The Kier molecular flexibility index (Phi) is 6.67. The Balaban J connectivity index is 1.74. The zero-order chi connectivity index (χ0) is 19.9. The predicted molar refractivity (Wildman–Crippen MR) is 107 cm³/mol. The predicted octanol–water partition coefficient (Wildman–Crippen LogP) is 4.83. The summed E-state index contributed by atoms with van der Waals surface area (Å²) in [5.41, 5.74) is 1.78. The Morgan fingerprint density at radius 1 is 1.14 bits per heavy atom. The van der Waals surface area contributed by atoms with E-state index in [9.17, 15) is 10.1 Å². The molecule has 1 aromatic heterocycles. The Bertz CT molecular complexity index is 927. The van der Waals surface area contributed by atoms with Gasteiger partial charge in [0.2, 0.25) is 0 Å². The van der Waals surface area contributed by atoms with E-state index in [1.54, 1.807) is 25.5 Å². The van der Waals surface area contributed by atoms with Gasteiger partial charge in [0.05, 0.1) is 24.8 Å². The number of hydrogen-bond acceptors (Lipinski definition) is 6. The molecule has 0 saturated carbocycles. The Hall–Kier alpha value is -2.84. The molecule has 0 spiro atoms. The molecule has 0 aliphatic heterocycles. The van der Waals surface area contributed by atoms with Crippen LogP contribution in [0.3, 0.4) is 0 Å². The lowest BCUT2D eigenvalue weighted by atomic mass is 10.1. The SMILES string of the molecule is COc1ccc(Br)c(CNCc2ccco2)c1OCc1ccc([N+](=O)[O-])cc1. The molecule has 3 aromatic rings. The highest BCUT2D eigenvalue weighted by molar-refractivity contribution is 9.10. The zero-order valence-electron chi connectivity index (χ0n) is 15.2. The van der Waals surface area contributed by atoms with Crippen molar-refractivity contribution in [3.8, 4) is 11.5 Å². The maximum atomic E-state index is 10.8. The minimum absolute atomic E-state index is 0.0478. The van der Waals surface area contributed by atoms with Crippen molar-refractivity contribution in [3.05, 3.63) is 86.3 Å². The lowest BCUT2D eigenvalue weighted by Gasteiger charge is -2.17. The number of methoxy groups -OCH3 is 1. The third-order valence-electron chi connectivity index (χ3n) is 4.10. The fraction of sp³-hybridized carbons (Fsp3) is 0.200. The van der Waals surface area contributed by atoms with E-state index < -0.39 is 4.92 Å². The van der Waals surface area contributed by atoms with Crippen LogP contribution in [0.4, 0.5) is 5.69 Å². The van der Waals surface area contributed by atoms with Crippen LogP contribution in [0.2, 0.25) is 0 Å². The smallest absolute Gasteiger partial charge is 0.269 e. The van der Waals surface area contributed by atoms with Crippen molar-refractivity contribution >= 4 is 21.6 Å². The summed E-state index contributed by atoms with van der Waals surface area (Å²) in [6.45, 7) is 1.38. The summed E-state index contributed by atoms with van der Waals surface area (Å²) in [6.07, 6.45) is 1.64. The fourth-order valence-electron chi connectivity index (χ4n) is 2.66. The summed E-state index contributed by atoms with van der Waals surface area (Å²) < 4.78 is 17.7. The molecule has 0 aliphatic rings. The van der Waals surface area contributed by atoms with Crippen LogP contribution in [0.5, 0.6) is 11.5 Å². The summed E-state index contributed by atoms with van der Waals surface area (Å²) in [6, 6.07) is 13.8. The molecule has 0 unspecified atom stereocenters. The van der Waals surface area contributed by atoms with Gasteiger partial charge in [-0.3, -0.25) is 10.1 Å². The zero-order valence-corrected chi connectivity index (χ0v) is 16.8. The molecule has 8 heteroatoms. The first-order valence-corrected chi connectivity index (χ1v) is 9.32. The normalized spacial score (nSPS) is 10.6. The van der Waals surface area contributed by atoms with E-state index in [-0.39, 0.29) is 12.3 Å². The number of hydrogen-bond donors (Lipinski definition) is 1. The quantitative estimate of drug-likeness (QED) is 0.374. The topological polar surface area (TPSA) is 86.8 Å². The number of ether oxygens (including phenoxy) is 2. The summed E-state index contributed by atoms with van der Waals surface area (Å²) in [5, 5.41) is 14.1. The molecule has 28 heavy (non-hydrogen) atoms. The molecule has 1 N–H and O–H groups in total. The minimum Gasteiger partial charge on any atom is -0.493 e. The first-order chi connectivity index (χ1) is 13.6. The highest BCUT2D eigenvalue weighted by atomic mass is 79.9. The van der Waals surface area contributed by atoms with Crippen LogP contribution >= 0.6 is 15.9 Å². The molecule has 2 aromatic carbocycles. The van der Waals surface area contributed by atoms with Crippen LogP contribution in [0.25, 0.3) is 0 Å². The van der Waals surface area contributed by atoms with Gasteiger partial charge in [-0.2, -0.15) is 0 Å². The second-order valence-electron chi connectivity index (χ2n) is 5.95. The number of nitro benzene ring substituents is 1. The van der Waals surface area contributed by atoms with Crippen LogP contribution in [0.15, 0.2) is 63.7 Å². The molecule has 0 fully saturated rings. The Morgan fingerprint density at radius 2 is 1.93 bits per heavy atom. The van der Waals surface area contributed by atoms with Gasteiger partial charge in [0, 0.05) is 28.7 Å². The Morgan fingerprint density at radius 3 is 2.57 bits per heavy atom. The number of benzene rings is 2. The van der Waals surface area contributed by atoms with Crippen molar-refractivity contribution in [1.29, 1.82) is 0 Å². The number of non-ortho nitro benzene ring substituents is 1. The maximum Gasteiger partial charge on any atom is 0.269 e. The maximum absolute atomic E-state index is 10.8. The third kappa shape index (κ3) is 4.90. The summed E-state index contributed by atoms with van der Waals surface area (Å²) in [7, 11) is 1.59. The Labute approximate surface area is 170 Å². The molecular formula is C20H19BrN2O5. The van der Waals surface area contributed by atoms with Crippen molar-refractivity contribution in [3.63, 3.8) is 0 Å². The number of furan rings is 1. The monoisotopic (exact) mass is 446 g/mol. The van der Waals surface area contributed by atoms with Gasteiger partial charge in [0.1, 0.15) is 12.4 Å². The van der Waals surface area contributed by atoms with E-state index in [4.69, 9.17) is 13.9 Å². The van der Waals surface area contributed by atoms with Crippen LogP contribution in [0.1, 0.15) is 16.9 Å². The largest absolute Gasteiger partial charge is 0.493 e. The van der Waals surface area contributed by atoms with Gasteiger partial charge in [-0.05, 0) is 42.0 Å². The lowest BCUT2D eigenvalue weighted by molar-refractivity contribution is -0.384. The molecule has 0 atom stereocenters. The number of halogens is 1. The highest BCUT2D eigenvalue weighted by Crippen LogP contribution is 2.37. The van der Waals surface area contributed by atoms with Crippen LogP contribution in [-0.2, 0) is 19.7 Å². The van der Waals surface area contributed by atoms with Gasteiger partial charge in [-0.25, -0.2) is 0 Å². The fourth-order valence-corrected chi connectivity index (χ4v) is 3.11. The molecule has 3 rings (SSSR count). The van der Waals surface area contributed by atoms with E-state index in [0.29, 0.717) is 24.6 Å². The first kappa shape index (κ1) is 19.9. The molecule has 0 saturated heterocycles. The summed E-state index contributed by atoms with van der Waals surface area (Å²) >= 11 is 3.57. The van der Waals surface area contributed by atoms with Crippen LogP contribution in [0, 0.1) is 10.1 Å². The molecule has 1 heterocycles. The average molecular weight is 447 g/mol. The van der Waals surface area contributed by atoms with Gasteiger partial charge < -0.3 is 19.2 Å².